The van der Waals surface area contributed by atoms with E-state index in [1.165, 1.54) is 31.3 Å². The Hall–Kier alpha value is -5.63. The molecule has 0 aliphatic carbocycles. The summed E-state index contributed by atoms with van der Waals surface area (Å²) in [6.07, 6.45) is 0. The van der Waals surface area contributed by atoms with Crippen LogP contribution in [0.25, 0.3) is 22.3 Å². The Balaban J connectivity index is 0.000000248. The predicted molar refractivity (Wildman–Crippen MR) is 158 cm³/mol. The lowest BCUT2D eigenvalue weighted by Gasteiger charge is -2.13. The molecule has 0 heterocycles. The smallest absolute Gasteiger partial charge is 0.321 e. The summed E-state index contributed by atoms with van der Waals surface area (Å²) in [5.74, 6) is -1.79. The maximum absolute atomic E-state index is 13.9. The van der Waals surface area contributed by atoms with Crippen LogP contribution in [0.4, 0.5) is 15.8 Å². The van der Waals surface area contributed by atoms with Gasteiger partial charge in [-0.15, -0.1) is 11.8 Å². The number of nitro groups is 2. The molecule has 11 nitrogen and oxygen atoms in total. The Bertz CT molecular complexity index is 1770. The maximum atomic E-state index is 13.9. The summed E-state index contributed by atoms with van der Waals surface area (Å²) in [4.78, 5) is 32.3. The Morgan fingerprint density at radius 2 is 1.37 bits per heavy atom. The molecule has 4 rings (SSSR count). The molecule has 0 amide bonds. The monoisotopic (exact) mass is 599 g/mol. The quantitative estimate of drug-likeness (QED) is 0.128. The number of nitro benzene ring substituents is 2. The van der Waals surface area contributed by atoms with Crippen LogP contribution in [0.1, 0.15) is 11.1 Å². The molecule has 43 heavy (non-hydrogen) atoms. The van der Waals surface area contributed by atoms with Gasteiger partial charge in [0.25, 0.3) is 5.69 Å². The van der Waals surface area contributed by atoms with Gasteiger partial charge in [0.15, 0.2) is 0 Å². The van der Waals surface area contributed by atoms with Gasteiger partial charge in [0.2, 0.25) is 5.82 Å². The molecule has 0 fully saturated rings. The molecule has 13 heteroatoms. The van der Waals surface area contributed by atoms with Crippen molar-refractivity contribution in [3.63, 3.8) is 0 Å². The van der Waals surface area contributed by atoms with Crippen LogP contribution in [0.15, 0.2) is 89.8 Å². The summed E-state index contributed by atoms with van der Waals surface area (Å²) in [7, 11) is 1.52. The number of nitrogens with zero attached hydrogens (tertiary/aromatic N) is 4. The van der Waals surface area contributed by atoms with Gasteiger partial charge >= 0.3 is 11.7 Å². The molecule has 0 aliphatic rings. The zero-order valence-electron chi connectivity index (χ0n) is 22.4. The summed E-state index contributed by atoms with van der Waals surface area (Å²) < 4.78 is 13.9. The standard InChI is InChI=1S/C17H15N3O4S.C13H7FN2O2/c1-19-14(17(21)22)10-25-16-13(6-3-7-15(16)20(23)24)12-5-2-4-11(8-12)9-18;14-13-11(5-2-6-12(13)16(17)18)10-4-1-3-9(7-10)8-15/h2-8,14,19H,10H2,1H3,(H,21,22);1-7H/t14-;/m0./s1. The summed E-state index contributed by atoms with van der Waals surface area (Å²) in [5, 5.41) is 51.7. The van der Waals surface area contributed by atoms with E-state index in [-0.39, 0.29) is 17.0 Å². The SMILES string of the molecule is CN[C@@H](CSc1c(-c2cccc(C#N)c2)cccc1[N+](=O)[O-])C(=O)O.N#Cc1cccc(-c2cccc([N+](=O)[O-])c2F)c1. The van der Waals surface area contributed by atoms with Crippen molar-refractivity contribution in [3.8, 4) is 34.4 Å². The second kappa shape index (κ2) is 14.8. The van der Waals surface area contributed by atoms with Crippen LogP contribution in [-0.4, -0.2) is 39.8 Å². The van der Waals surface area contributed by atoms with Crippen molar-refractivity contribution in [3.05, 3.63) is 122 Å². The van der Waals surface area contributed by atoms with Gasteiger partial charge in [-0.05, 0) is 42.4 Å². The minimum atomic E-state index is -1.03. The van der Waals surface area contributed by atoms with Crippen molar-refractivity contribution in [2.75, 3.05) is 12.8 Å². The molecule has 1 atom stereocenters. The lowest BCUT2D eigenvalue weighted by atomic mass is 10.0. The average molecular weight is 600 g/mol. The van der Waals surface area contributed by atoms with Gasteiger partial charge in [-0.25, -0.2) is 0 Å². The molecular weight excluding hydrogens is 577 g/mol. The summed E-state index contributed by atoms with van der Waals surface area (Å²) >= 11 is 1.10. The van der Waals surface area contributed by atoms with Crippen molar-refractivity contribution < 1.29 is 24.1 Å². The fraction of sp³-hybridized carbons (Fsp3) is 0.100. The summed E-state index contributed by atoms with van der Waals surface area (Å²) in [5.41, 5.74) is 1.96. The number of carboxylic acids is 1. The highest BCUT2D eigenvalue weighted by atomic mass is 32.2. The highest BCUT2D eigenvalue weighted by Gasteiger charge is 2.23. The minimum Gasteiger partial charge on any atom is -0.480 e. The zero-order valence-corrected chi connectivity index (χ0v) is 23.2. The maximum Gasteiger partial charge on any atom is 0.321 e. The number of carboxylic acid groups (broad SMARTS) is 1. The number of rotatable bonds is 9. The minimum absolute atomic E-state index is 0.0925. The molecule has 216 valence electrons. The van der Waals surface area contributed by atoms with Crippen LogP contribution in [-0.2, 0) is 4.79 Å². The Kier molecular flexibility index (Phi) is 11.0. The average Bonchev–Trinajstić information content (AvgIpc) is 3.01. The van der Waals surface area contributed by atoms with E-state index in [4.69, 9.17) is 15.6 Å². The first-order valence-electron chi connectivity index (χ1n) is 12.4. The molecule has 4 aromatic rings. The first-order chi connectivity index (χ1) is 20.6. The second-order valence-corrected chi connectivity index (χ2v) is 9.71. The summed E-state index contributed by atoms with van der Waals surface area (Å²) in [6, 6.07) is 24.8. The molecular formula is C30H22FN5O6S. The highest BCUT2D eigenvalue weighted by molar-refractivity contribution is 7.99. The Morgan fingerprint density at radius 3 is 1.86 bits per heavy atom. The number of halogens is 1. The van der Waals surface area contributed by atoms with Gasteiger partial charge < -0.3 is 10.4 Å². The van der Waals surface area contributed by atoms with Gasteiger partial charge in [-0.1, -0.05) is 48.5 Å². The number of benzene rings is 4. The van der Waals surface area contributed by atoms with Crippen molar-refractivity contribution in [2.45, 2.75) is 10.9 Å². The normalized spacial score (nSPS) is 10.8. The van der Waals surface area contributed by atoms with Crippen LogP contribution >= 0.6 is 11.8 Å². The van der Waals surface area contributed by atoms with Gasteiger partial charge in [-0.3, -0.25) is 25.0 Å². The number of thioether (sulfide) groups is 1. The lowest BCUT2D eigenvalue weighted by Crippen LogP contribution is -2.36. The molecule has 0 bridgehead atoms. The molecule has 0 unspecified atom stereocenters. The topological polar surface area (TPSA) is 183 Å². The van der Waals surface area contributed by atoms with Crippen LogP contribution in [0.2, 0.25) is 0 Å². The van der Waals surface area contributed by atoms with Crippen LogP contribution < -0.4 is 5.32 Å². The van der Waals surface area contributed by atoms with Gasteiger partial charge in [-0.2, -0.15) is 14.9 Å². The number of hydrogen-bond acceptors (Lipinski definition) is 9. The Morgan fingerprint density at radius 1 is 0.884 bits per heavy atom. The van der Waals surface area contributed by atoms with E-state index < -0.39 is 33.4 Å². The predicted octanol–water partition coefficient (Wildman–Crippen LogP) is 6.17. The van der Waals surface area contributed by atoms with E-state index in [9.17, 15) is 29.4 Å². The van der Waals surface area contributed by atoms with Gasteiger partial charge in [0, 0.05) is 29.0 Å². The number of carbonyl (C=O) groups is 1. The zero-order chi connectivity index (χ0) is 31.5. The van der Waals surface area contributed by atoms with Crippen molar-refractivity contribution >= 4 is 29.1 Å². The van der Waals surface area contributed by atoms with E-state index >= 15 is 0 Å². The van der Waals surface area contributed by atoms with Crippen molar-refractivity contribution in [1.29, 1.82) is 10.5 Å². The fourth-order valence-electron chi connectivity index (χ4n) is 3.89. The molecule has 4 aromatic carbocycles. The van der Waals surface area contributed by atoms with Crippen LogP contribution in [0, 0.1) is 48.7 Å². The molecule has 0 radical (unpaired) electrons. The third-order valence-corrected chi connectivity index (χ3v) is 7.23. The first kappa shape index (κ1) is 31.9. The van der Waals surface area contributed by atoms with Crippen LogP contribution in [0.5, 0.6) is 0 Å². The first-order valence-corrected chi connectivity index (χ1v) is 13.3. The van der Waals surface area contributed by atoms with E-state index in [1.54, 1.807) is 54.6 Å². The van der Waals surface area contributed by atoms with E-state index in [0.717, 1.165) is 17.8 Å². The molecule has 0 saturated carbocycles. The third kappa shape index (κ3) is 7.98. The van der Waals surface area contributed by atoms with Gasteiger partial charge in [0.05, 0.1) is 38.0 Å². The molecule has 2 N–H and O–H groups in total. The largest absolute Gasteiger partial charge is 0.480 e. The van der Waals surface area contributed by atoms with Crippen molar-refractivity contribution in [2.24, 2.45) is 0 Å². The summed E-state index contributed by atoms with van der Waals surface area (Å²) in [6.45, 7) is 0. The van der Waals surface area contributed by atoms with Crippen molar-refractivity contribution in [1.82, 2.24) is 5.32 Å². The highest BCUT2D eigenvalue weighted by Crippen LogP contribution is 2.39. The third-order valence-electron chi connectivity index (χ3n) is 6.01. The molecule has 0 saturated heterocycles. The van der Waals surface area contributed by atoms with Crippen LogP contribution in [0.3, 0.4) is 0 Å². The number of aliphatic carboxylic acids is 1. The molecule has 0 spiro atoms. The second-order valence-electron chi connectivity index (χ2n) is 8.68. The number of nitrogens with one attached hydrogen (secondary N) is 1. The number of hydrogen-bond donors (Lipinski definition) is 2. The number of nitriles is 2. The lowest BCUT2D eigenvalue weighted by molar-refractivity contribution is -0.387. The fourth-order valence-corrected chi connectivity index (χ4v) is 5.16. The van der Waals surface area contributed by atoms with E-state index in [2.05, 4.69) is 5.32 Å². The number of likely N-dealkylation sites (N-methyl/N-ethyl adjacent to an activating group) is 1. The molecule has 0 aromatic heterocycles. The van der Waals surface area contributed by atoms with E-state index in [0.29, 0.717) is 32.7 Å². The van der Waals surface area contributed by atoms with Gasteiger partial charge in [0.1, 0.15) is 6.04 Å². The molecule has 0 aliphatic heterocycles. The Labute approximate surface area is 249 Å². The van der Waals surface area contributed by atoms with E-state index in [1.807, 2.05) is 12.1 Å².